The molecule has 0 amide bonds. The lowest BCUT2D eigenvalue weighted by Crippen LogP contribution is -2.04. The molecule has 0 spiro atoms. The first-order valence-corrected chi connectivity index (χ1v) is 4.96. The molecule has 0 saturated carbocycles. The number of pyridine rings is 1. The largest absolute Gasteiger partial charge is 0.505 e. The number of aromatic nitrogens is 1. The van der Waals surface area contributed by atoms with Crippen molar-refractivity contribution < 1.29 is 19.4 Å². The number of nitrogens with two attached hydrogens (primary N) is 1. The highest BCUT2D eigenvalue weighted by Gasteiger charge is 2.12. The molecule has 6 heteroatoms. The Bertz CT molecular complexity index is 629. The molecule has 2 rings (SSSR count). The Balaban J connectivity index is 2.54. The number of aromatic hydroxyl groups is 1. The third-order valence-electron chi connectivity index (χ3n) is 2.43. The van der Waals surface area contributed by atoms with E-state index in [0.717, 1.165) is 6.07 Å². The van der Waals surface area contributed by atoms with E-state index in [9.17, 15) is 9.18 Å². The maximum absolute atomic E-state index is 13.2. The molecule has 1 heterocycles. The summed E-state index contributed by atoms with van der Waals surface area (Å²) in [5, 5.41) is 18.0. The number of carboxylic acid groups (broad SMARTS) is 1. The fourth-order valence-electron chi connectivity index (χ4n) is 1.49. The first kappa shape index (κ1) is 11.8. The third-order valence-corrected chi connectivity index (χ3v) is 2.43. The van der Waals surface area contributed by atoms with Crippen molar-refractivity contribution >= 4 is 11.8 Å². The van der Waals surface area contributed by atoms with Crippen LogP contribution in [0.5, 0.6) is 5.75 Å². The van der Waals surface area contributed by atoms with E-state index < -0.39 is 17.5 Å². The average molecular weight is 248 g/mol. The van der Waals surface area contributed by atoms with Crippen LogP contribution in [-0.4, -0.2) is 21.2 Å². The highest BCUT2D eigenvalue weighted by atomic mass is 19.1. The van der Waals surface area contributed by atoms with Crippen molar-refractivity contribution in [1.29, 1.82) is 0 Å². The highest BCUT2D eigenvalue weighted by molar-refractivity contribution is 5.94. The van der Waals surface area contributed by atoms with E-state index in [2.05, 4.69) is 4.98 Å². The van der Waals surface area contributed by atoms with E-state index in [4.69, 9.17) is 15.9 Å². The minimum absolute atomic E-state index is 0.106. The zero-order valence-electron chi connectivity index (χ0n) is 9.09. The quantitative estimate of drug-likeness (QED) is 0.753. The van der Waals surface area contributed by atoms with E-state index in [1.165, 1.54) is 24.4 Å². The standard InChI is InChI=1S/C12H9FN2O3/c13-9-4-6(1-2-10(9)16)7-3-8(12(17)18)11(14)15-5-7/h1-5,16H,(H2,14,15)(H,17,18). The van der Waals surface area contributed by atoms with Crippen molar-refractivity contribution in [2.24, 2.45) is 0 Å². The Kier molecular flexibility index (Phi) is 2.85. The Hall–Kier alpha value is -2.63. The van der Waals surface area contributed by atoms with Gasteiger partial charge in [-0.05, 0) is 23.8 Å². The fraction of sp³-hybridized carbons (Fsp3) is 0. The Morgan fingerprint density at radius 3 is 2.61 bits per heavy atom. The van der Waals surface area contributed by atoms with Gasteiger partial charge in [0.05, 0.1) is 0 Å². The fourth-order valence-corrected chi connectivity index (χ4v) is 1.49. The molecule has 0 radical (unpaired) electrons. The second kappa shape index (κ2) is 4.33. The number of hydrogen-bond acceptors (Lipinski definition) is 4. The van der Waals surface area contributed by atoms with Crippen molar-refractivity contribution in [3.63, 3.8) is 0 Å². The first-order valence-electron chi connectivity index (χ1n) is 4.96. The minimum atomic E-state index is -1.21. The zero-order chi connectivity index (χ0) is 13.3. The summed E-state index contributed by atoms with van der Waals surface area (Å²) in [4.78, 5) is 14.6. The van der Waals surface area contributed by atoms with E-state index in [-0.39, 0.29) is 11.4 Å². The van der Waals surface area contributed by atoms with Gasteiger partial charge in [0.25, 0.3) is 0 Å². The molecule has 1 aromatic heterocycles. The number of aromatic carboxylic acids is 1. The number of benzene rings is 1. The molecule has 1 aromatic carbocycles. The number of rotatable bonds is 2. The van der Waals surface area contributed by atoms with Crippen LogP contribution in [0.2, 0.25) is 0 Å². The van der Waals surface area contributed by atoms with E-state index in [0.29, 0.717) is 11.1 Å². The molecule has 0 bridgehead atoms. The number of anilines is 1. The smallest absolute Gasteiger partial charge is 0.339 e. The average Bonchev–Trinajstić information content (AvgIpc) is 2.33. The van der Waals surface area contributed by atoms with Crippen LogP contribution in [0.1, 0.15) is 10.4 Å². The van der Waals surface area contributed by atoms with Gasteiger partial charge in [-0.15, -0.1) is 0 Å². The van der Waals surface area contributed by atoms with Gasteiger partial charge in [0.1, 0.15) is 11.4 Å². The molecule has 0 saturated heterocycles. The monoisotopic (exact) mass is 248 g/mol. The Labute approximate surface area is 101 Å². The molecule has 0 aliphatic carbocycles. The van der Waals surface area contributed by atoms with Crippen molar-refractivity contribution in [1.82, 2.24) is 4.98 Å². The van der Waals surface area contributed by atoms with Crippen LogP contribution in [0, 0.1) is 5.82 Å². The van der Waals surface area contributed by atoms with Gasteiger partial charge in [0.2, 0.25) is 0 Å². The number of phenols is 1. The second-order valence-corrected chi connectivity index (χ2v) is 3.63. The van der Waals surface area contributed by atoms with Crippen LogP contribution in [0.15, 0.2) is 30.5 Å². The summed E-state index contributed by atoms with van der Waals surface area (Å²) in [5.41, 5.74) is 6.07. The Morgan fingerprint density at radius 2 is 2.00 bits per heavy atom. The lowest BCUT2D eigenvalue weighted by molar-refractivity contribution is 0.0697. The molecule has 92 valence electrons. The van der Waals surface area contributed by atoms with Gasteiger partial charge >= 0.3 is 5.97 Å². The van der Waals surface area contributed by atoms with Crippen LogP contribution < -0.4 is 5.73 Å². The summed E-state index contributed by atoms with van der Waals surface area (Å²) >= 11 is 0. The van der Waals surface area contributed by atoms with Crippen LogP contribution >= 0.6 is 0 Å². The summed E-state index contributed by atoms with van der Waals surface area (Å²) in [6.45, 7) is 0. The zero-order valence-corrected chi connectivity index (χ0v) is 9.09. The molecule has 5 nitrogen and oxygen atoms in total. The number of carboxylic acids is 1. The van der Waals surface area contributed by atoms with Crippen molar-refractivity contribution in [3.8, 4) is 16.9 Å². The van der Waals surface area contributed by atoms with Crippen LogP contribution in [-0.2, 0) is 0 Å². The number of nitrogen functional groups attached to an aromatic ring is 1. The molecule has 0 atom stereocenters. The van der Waals surface area contributed by atoms with E-state index >= 15 is 0 Å². The van der Waals surface area contributed by atoms with Gasteiger partial charge in [-0.3, -0.25) is 0 Å². The molecule has 0 aliphatic rings. The number of nitrogens with zero attached hydrogens (tertiary/aromatic N) is 1. The van der Waals surface area contributed by atoms with E-state index in [1.807, 2.05) is 0 Å². The van der Waals surface area contributed by atoms with Crippen LogP contribution in [0.25, 0.3) is 11.1 Å². The predicted octanol–water partition coefficient (Wildman–Crippen LogP) is 1.87. The maximum atomic E-state index is 13.2. The molecular formula is C12H9FN2O3. The molecule has 4 N–H and O–H groups in total. The predicted molar refractivity (Wildman–Crippen MR) is 62.7 cm³/mol. The van der Waals surface area contributed by atoms with Crippen molar-refractivity contribution in [3.05, 3.63) is 41.8 Å². The normalized spacial score (nSPS) is 10.3. The third kappa shape index (κ3) is 2.08. The van der Waals surface area contributed by atoms with Gasteiger partial charge < -0.3 is 15.9 Å². The molecule has 0 aliphatic heterocycles. The lowest BCUT2D eigenvalue weighted by Gasteiger charge is -2.05. The molecule has 18 heavy (non-hydrogen) atoms. The summed E-state index contributed by atoms with van der Waals surface area (Å²) in [7, 11) is 0. The van der Waals surface area contributed by atoms with Crippen LogP contribution in [0.3, 0.4) is 0 Å². The van der Waals surface area contributed by atoms with Crippen LogP contribution in [0.4, 0.5) is 10.2 Å². The SMILES string of the molecule is Nc1ncc(-c2ccc(O)c(F)c2)cc1C(=O)O. The van der Waals surface area contributed by atoms with Gasteiger partial charge in [0.15, 0.2) is 11.6 Å². The topological polar surface area (TPSA) is 96.4 Å². The molecule has 0 unspecified atom stereocenters. The minimum Gasteiger partial charge on any atom is -0.505 e. The number of halogens is 1. The van der Waals surface area contributed by atoms with Gasteiger partial charge in [-0.2, -0.15) is 0 Å². The second-order valence-electron chi connectivity index (χ2n) is 3.63. The summed E-state index contributed by atoms with van der Waals surface area (Å²) < 4.78 is 13.2. The lowest BCUT2D eigenvalue weighted by atomic mass is 10.1. The summed E-state index contributed by atoms with van der Waals surface area (Å²) in [6.07, 6.45) is 1.34. The molecule has 0 fully saturated rings. The number of phenolic OH excluding ortho intramolecular Hbond substituents is 1. The summed E-state index contributed by atoms with van der Waals surface area (Å²) in [5.74, 6) is -2.58. The van der Waals surface area contributed by atoms with Gasteiger partial charge in [-0.1, -0.05) is 6.07 Å². The molecule has 2 aromatic rings. The van der Waals surface area contributed by atoms with Gasteiger partial charge in [-0.25, -0.2) is 14.2 Å². The number of carbonyl (C=O) groups is 1. The van der Waals surface area contributed by atoms with E-state index in [1.54, 1.807) is 0 Å². The molecular weight excluding hydrogens is 239 g/mol. The first-order chi connectivity index (χ1) is 8.49. The highest BCUT2D eigenvalue weighted by Crippen LogP contribution is 2.26. The summed E-state index contributed by atoms with van der Waals surface area (Å²) in [6, 6.07) is 5.03. The van der Waals surface area contributed by atoms with Crippen molar-refractivity contribution in [2.45, 2.75) is 0 Å². The van der Waals surface area contributed by atoms with Gasteiger partial charge in [0, 0.05) is 11.8 Å². The van der Waals surface area contributed by atoms with Crippen molar-refractivity contribution in [2.75, 3.05) is 5.73 Å². The number of hydrogen-bond donors (Lipinski definition) is 3. The Morgan fingerprint density at radius 1 is 1.28 bits per heavy atom. The maximum Gasteiger partial charge on any atom is 0.339 e.